The van der Waals surface area contributed by atoms with Crippen LogP contribution in [0.1, 0.15) is 5.56 Å². The lowest BCUT2D eigenvalue weighted by Gasteiger charge is -2.13. The molecule has 1 aromatic carbocycles. The Labute approximate surface area is 119 Å². The summed E-state index contributed by atoms with van der Waals surface area (Å²) in [5, 5.41) is 0. The first kappa shape index (κ1) is 17.7. The molecular weight excluding hydrogens is 312 g/mol. The molecule has 1 aromatic rings. The quantitative estimate of drug-likeness (QED) is 0.720. The van der Waals surface area contributed by atoms with Gasteiger partial charge in [-0.1, -0.05) is 12.1 Å². The van der Waals surface area contributed by atoms with E-state index in [0.717, 1.165) is 26.4 Å². The van der Waals surface area contributed by atoms with Crippen LogP contribution < -0.4 is 4.74 Å². The van der Waals surface area contributed by atoms with Crippen molar-refractivity contribution in [3.05, 3.63) is 29.8 Å². The van der Waals surface area contributed by atoms with Crippen LogP contribution in [0.2, 0.25) is 0 Å². The van der Waals surface area contributed by atoms with Gasteiger partial charge >= 0.3 is 14.0 Å². The topological polar surface area (TPSA) is 61.8 Å². The van der Waals surface area contributed by atoms with Gasteiger partial charge in [0.15, 0.2) is 0 Å². The number of hydrogen-bond donors (Lipinski definition) is 0. The molecule has 0 spiro atoms. The summed E-state index contributed by atoms with van der Waals surface area (Å²) in [6.45, 7) is 0. The van der Waals surface area contributed by atoms with Crippen molar-refractivity contribution >= 4 is 13.4 Å². The zero-order valence-electron chi connectivity index (χ0n) is 11.3. The predicted molar refractivity (Wildman–Crippen MR) is 68.3 cm³/mol. The van der Waals surface area contributed by atoms with Crippen LogP contribution in [-0.4, -0.2) is 32.5 Å². The average molecular weight is 326 g/mol. The van der Waals surface area contributed by atoms with Gasteiger partial charge < -0.3 is 13.8 Å². The first-order chi connectivity index (χ1) is 9.67. The number of ether oxygens (including phenoxy) is 1. The molecule has 0 atom stereocenters. The second-order valence-electron chi connectivity index (χ2n) is 4.04. The van der Waals surface area contributed by atoms with E-state index in [0.29, 0.717) is 5.56 Å². The summed E-state index contributed by atoms with van der Waals surface area (Å²) < 4.78 is 61.0. The van der Waals surface area contributed by atoms with Crippen molar-refractivity contribution < 1.29 is 36.3 Å². The molecule has 0 amide bonds. The van der Waals surface area contributed by atoms with E-state index >= 15 is 0 Å². The number of carbonyl (C=O) groups excluding carboxylic acids is 1. The fourth-order valence-electron chi connectivity index (χ4n) is 1.56. The van der Waals surface area contributed by atoms with Gasteiger partial charge in [0.25, 0.3) is 0 Å². The summed E-state index contributed by atoms with van der Waals surface area (Å²) in [4.78, 5) is 11.7. The minimum Gasteiger partial charge on any atom is -0.406 e. The third-order valence-electron chi connectivity index (χ3n) is 2.46. The summed E-state index contributed by atoms with van der Waals surface area (Å²) in [5.41, 5.74) is 0.306. The maximum atomic E-state index is 12.1. The first-order valence-corrected chi connectivity index (χ1v) is 7.47. The van der Waals surface area contributed by atoms with Crippen LogP contribution in [0.25, 0.3) is 0 Å². The van der Waals surface area contributed by atoms with E-state index in [2.05, 4.69) is 13.8 Å². The Morgan fingerprint density at radius 3 is 2.38 bits per heavy atom. The zero-order chi connectivity index (χ0) is 16.1. The smallest absolute Gasteiger partial charge is 0.406 e. The van der Waals surface area contributed by atoms with Crippen molar-refractivity contribution in [1.29, 1.82) is 0 Å². The van der Waals surface area contributed by atoms with E-state index in [1.807, 2.05) is 0 Å². The van der Waals surface area contributed by atoms with Crippen molar-refractivity contribution in [3.63, 3.8) is 0 Å². The molecule has 0 aliphatic rings. The number of rotatable bonds is 7. The van der Waals surface area contributed by atoms with Gasteiger partial charge in [0, 0.05) is 20.6 Å². The van der Waals surface area contributed by atoms with Gasteiger partial charge in [-0.05, 0) is 17.7 Å². The molecule has 9 heteroatoms. The highest BCUT2D eigenvalue weighted by atomic mass is 31.2. The van der Waals surface area contributed by atoms with E-state index in [4.69, 9.17) is 0 Å². The summed E-state index contributed by atoms with van der Waals surface area (Å²) in [5.74, 6) is -0.902. The lowest BCUT2D eigenvalue weighted by atomic mass is 10.1. The van der Waals surface area contributed by atoms with E-state index in [9.17, 15) is 22.5 Å². The number of ketones is 1. The number of hydrogen-bond acceptors (Lipinski definition) is 5. The van der Waals surface area contributed by atoms with Crippen LogP contribution >= 0.6 is 7.60 Å². The lowest BCUT2D eigenvalue weighted by molar-refractivity contribution is -0.274. The molecular formula is C12H14F3O5P. The minimum absolute atomic E-state index is 0.203. The van der Waals surface area contributed by atoms with Crippen molar-refractivity contribution in [3.8, 4) is 5.75 Å². The third-order valence-corrected chi connectivity index (χ3v) is 4.31. The SMILES string of the molecule is COP(=O)(CC(=O)Cc1cccc(OC(F)(F)F)c1)OC. The highest BCUT2D eigenvalue weighted by Crippen LogP contribution is 2.46. The minimum atomic E-state index is -4.80. The number of Topliss-reactive ketones (excluding diaryl/α,β-unsaturated/α-hetero) is 1. The van der Waals surface area contributed by atoms with E-state index in [-0.39, 0.29) is 6.42 Å². The highest BCUT2D eigenvalue weighted by molar-refractivity contribution is 7.54. The monoisotopic (exact) mass is 326 g/mol. The molecule has 0 heterocycles. The van der Waals surface area contributed by atoms with Gasteiger partial charge in [0.2, 0.25) is 0 Å². The Kier molecular flexibility index (Phi) is 5.95. The Morgan fingerprint density at radius 1 is 1.24 bits per heavy atom. The first-order valence-electron chi connectivity index (χ1n) is 5.74. The molecule has 0 bridgehead atoms. The Hall–Kier alpha value is -1.37. The Bertz CT molecular complexity index is 536. The second kappa shape index (κ2) is 7.06. The van der Waals surface area contributed by atoms with Crippen molar-refractivity contribution in [1.82, 2.24) is 0 Å². The number of alkyl halides is 3. The van der Waals surface area contributed by atoms with E-state index in [1.54, 1.807) is 0 Å². The molecule has 0 saturated heterocycles. The van der Waals surface area contributed by atoms with Crippen molar-refractivity contribution in [2.75, 3.05) is 20.4 Å². The average Bonchev–Trinajstić information content (AvgIpc) is 2.36. The van der Waals surface area contributed by atoms with Crippen LogP contribution in [0.15, 0.2) is 24.3 Å². The molecule has 5 nitrogen and oxygen atoms in total. The number of benzene rings is 1. The standard InChI is InChI=1S/C12H14F3O5P/c1-18-21(17,19-2)8-10(16)6-9-4-3-5-11(7-9)20-12(13,14)15/h3-5,7H,6,8H2,1-2H3. The molecule has 118 valence electrons. The van der Waals surface area contributed by atoms with Gasteiger partial charge in [-0.15, -0.1) is 13.2 Å². The summed E-state index contributed by atoms with van der Waals surface area (Å²) in [6.07, 6.45) is -5.46. The summed E-state index contributed by atoms with van der Waals surface area (Å²) in [6, 6.07) is 5.01. The molecule has 0 N–H and O–H groups in total. The van der Waals surface area contributed by atoms with Crippen molar-refractivity contribution in [2.45, 2.75) is 12.8 Å². The van der Waals surface area contributed by atoms with Gasteiger partial charge in [0.1, 0.15) is 17.7 Å². The Balaban J connectivity index is 2.73. The van der Waals surface area contributed by atoms with Gasteiger partial charge in [-0.3, -0.25) is 9.36 Å². The molecule has 0 saturated carbocycles. The Morgan fingerprint density at radius 2 is 1.86 bits per heavy atom. The second-order valence-corrected chi connectivity index (χ2v) is 6.31. The molecule has 0 aliphatic carbocycles. The third kappa shape index (κ3) is 6.29. The lowest BCUT2D eigenvalue weighted by Crippen LogP contribution is -2.17. The molecule has 0 radical (unpaired) electrons. The number of halogens is 3. The zero-order valence-corrected chi connectivity index (χ0v) is 12.2. The molecule has 0 aliphatic heterocycles. The van der Waals surface area contributed by atoms with Crippen molar-refractivity contribution in [2.24, 2.45) is 0 Å². The number of carbonyl (C=O) groups is 1. The van der Waals surface area contributed by atoms with Crippen LogP contribution in [0.3, 0.4) is 0 Å². The maximum Gasteiger partial charge on any atom is 0.573 e. The highest BCUT2D eigenvalue weighted by Gasteiger charge is 2.31. The largest absolute Gasteiger partial charge is 0.573 e. The van der Waals surface area contributed by atoms with Crippen LogP contribution in [0.5, 0.6) is 5.75 Å². The normalized spacial score (nSPS) is 12.2. The van der Waals surface area contributed by atoms with Crippen LogP contribution in [0, 0.1) is 0 Å². The molecule has 0 aromatic heterocycles. The van der Waals surface area contributed by atoms with Gasteiger partial charge in [0.05, 0.1) is 0 Å². The maximum absolute atomic E-state index is 12.1. The van der Waals surface area contributed by atoms with E-state index < -0.39 is 31.7 Å². The summed E-state index contributed by atoms with van der Waals surface area (Å²) >= 11 is 0. The fraction of sp³-hybridized carbons (Fsp3) is 0.417. The van der Waals surface area contributed by atoms with Crippen LogP contribution in [-0.2, 0) is 24.8 Å². The van der Waals surface area contributed by atoms with Gasteiger partial charge in [-0.25, -0.2) is 0 Å². The fourth-order valence-corrected chi connectivity index (χ4v) is 2.51. The molecule has 0 fully saturated rings. The molecule has 0 unspecified atom stereocenters. The van der Waals surface area contributed by atoms with E-state index in [1.165, 1.54) is 12.1 Å². The van der Waals surface area contributed by atoms with Gasteiger partial charge in [-0.2, -0.15) is 0 Å². The molecule has 21 heavy (non-hydrogen) atoms. The predicted octanol–water partition coefficient (Wildman–Crippen LogP) is 3.18. The summed E-state index contributed by atoms with van der Waals surface area (Å²) in [7, 11) is -1.18. The molecule has 1 rings (SSSR count). The van der Waals surface area contributed by atoms with Crippen LogP contribution in [0.4, 0.5) is 13.2 Å².